The average molecular weight is 279 g/mol. The number of nitrogens with one attached hydrogen (secondary N) is 1. The van der Waals surface area contributed by atoms with Crippen LogP contribution in [-0.2, 0) is 16.0 Å². The van der Waals surface area contributed by atoms with Crippen molar-refractivity contribution in [1.29, 1.82) is 0 Å². The van der Waals surface area contributed by atoms with Crippen LogP contribution in [0.4, 0.5) is 4.39 Å². The molecule has 0 bridgehead atoms. The first-order valence-electron chi connectivity index (χ1n) is 7.20. The van der Waals surface area contributed by atoms with Crippen LogP contribution >= 0.6 is 0 Å². The molecule has 2 rings (SSSR count). The molecule has 1 heterocycles. The summed E-state index contributed by atoms with van der Waals surface area (Å²) in [7, 11) is 0. The maximum absolute atomic E-state index is 13.3. The molecule has 1 saturated heterocycles. The van der Waals surface area contributed by atoms with Crippen molar-refractivity contribution >= 4 is 5.78 Å². The van der Waals surface area contributed by atoms with Gasteiger partial charge in [0.2, 0.25) is 0 Å². The first kappa shape index (κ1) is 15.1. The van der Waals surface area contributed by atoms with Gasteiger partial charge in [-0.05, 0) is 43.1 Å². The van der Waals surface area contributed by atoms with Crippen molar-refractivity contribution in [1.82, 2.24) is 5.32 Å². The number of ketones is 1. The Balaban J connectivity index is 2.01. The van der Waals surface area contributed by atoms with Crippen LogP contribution in [0.25, 0.3) is 0 Å². The van der Waals surface area contributed by atoms with Crippen LogP contribution in [0.2, 0.25) is 0 Å². The van der Waals surface area contributed by atoms with Crippen molar-refractivity contribution in [2.24, 2.45) is 5.92 Å². The lowest BCUT2D eigenvalue weighted by molar-refractivity contribution is -0.122. The van der Waals surface area contributed by atoms with E-state index in [9.17, 15) is 9.18 Å². The number of rotatable bonds is 6. The molecule has 0 saturated carbocycles. The highest BCUT2D eigenvalue weighted by molar-refractivity contribution is 5.84. The third-order valence-corrected chi connectivity index (χ3v) is 3.83. The molecule has 3 nitrogen and oxygen atoms in total. The number of aryl methyl sites for hydroxylation is 1. The first-order chi connectivity index (χ1) is 9.61. The van der Waals surface area contributed by atoms with Crippen molar-refractivity contribution in [3.8, 4) is 0 Å². The van der Waals surface area contributed by atoms with Crippen LogP contribution in [0.1, 0.15) is 24.5 Å². The number of benzene rings is 1. The molecule has 1 aliphatic heterocycles. The zero-order valence-electron chi connectivity index (χ0n) is 12.1. The molecule has 0 amide bonds. The highest BCUT2D eigenvalue weighted by Gasteiger charge is 2.33. The number of hydrogen-bond acceptors (Lipinski definition) is 3. The van der Waals surface area contributed by atoms with E-state index in [-0.39, 0.29) is 30.0 Å². The smallest absolute Gasteiger partial charge is 0.144 e. The van der Waals surface area contributed by atoms with Gasteiger partial charge in [0.25, 0.3) is 0 Å². The maximum Gasteiger partial charge on any atom is 0.144 e. The van der Waals surface area contributed by atoms with E-state index in [0.29, 0.717) is 13.2 Å². The fourth-order valence-corrected chi connectivity index (χ4v) is 2.55. The zero-order valence-corrected chi connectivity index (χ0v) is 12.1. The van der Waals surface area contributed by atoms with E-state index in [4.69, 9.17) is 4.74 Å². The number of Topliss-reactive ketones (excluding diaryl/α,β-unsaturated/α-hetero) is 1. The van der Waals surface area contributed by atoms with Gasteiger partial charge in [-0.1, -0.05) is 13.0 Å². The SMILES string of the molecule is CCCNC1COCC1C(=O)Cc1cc(F)ccc1C. The summed E-state index contributed by atoms with van der Waals surface area (Å²) < 4.78 is 18.7. The van der Waals surface area contributed by atoms with Crippen molar-refractivity contribution in [3.05, 3.63) is 35.1 Å². The van der Waals surface area contributed by atoms with E-state index in [0.717, 1.165) is 24.1 Å². The van der Waals surface area contributed by atoms with Crippen LogP contribution in [0.5, 0.6) is 0 Å². The third kappa shape index (κ3) is 3.64. The Bertz CT molecular complexity index is 476. The molecule has 4 heteroatoms. The minimum Gasteiger partial charge on any atom is -0.379 e. The van der Waals surface area contributed by atoms with Gasteiger partial charge < -0.3 is 10.1 Å². The topological polar surface area (TPSA) is 38.3 Å². The van der Waals surface area contributed by atoms with Gasteiger partial charge in [-0.2, -0.15) is 0 Å². The molecule has 1 aliphatic rings. The first-order valence-corrected chi connectivity index (χ1v) is 7.20. The normalized spacial score (nSPS) is 22.1. The van der Waals surface area contributed by atoms with Crippen LogP contribution in [0.15, 0.2) is 18.2 Å². The Morgan fingerprint density at radius 3 is 3.00 bits per heavy atom. The lowest BCUT2D eigenvalue weighted by Gasteiger charge is -2.18. The van der Waals surface area contributed by atoms with Gasteiger partial charge in [-0.15, -0.1) is 0 Å². The van der Waals surface area contributed by atoms with Gasteiger partial charge in [0, 0.05) is 12.5 Å². The molecule has 1 aromatic rings. The molecular weight excluding hydrogens is 257 g/mol. The quantitative estimate of drug-likeness (QED) is 0.868. The highest BCUT2D eigenvalue weighted by atomic mass is 19.1. The lowest BCUT2D eigenvalue weighted by Crippen LogP contribution is -2.40. The van der Waals surface area contributed by atoms with E-state index < -0.39 is 0 Å². The van der Waals surface area contributed by atoms with E-state index in [2.05, 4.69) is 12.2 Å². The minimum absolute atomic E-state index is 0.0938. The lowest BCUT2D eigenvalue weighted by atomic mass is 9.92. The van der Waals surface area contributed by atoms with Gasteiger partial charge >= 0.3 is 0 Å². The van der Waals surface area contributed by atoms with Crippen molar-refractivity contribution < 1.29 is 13.9 Å². The van der Waals surface area contributed by atoms with Gasteiger partial charge in [0.15, 0.2) is 0 Å². The molecule has 0 aliphatic carbocycles. The van der Waals surface area contributed by atoms with Crippen molar-refractivity contribution in [3.63, 3.8) is 0 Å². The van der Waals surface area contributed by atoms with E-state index >= 15 is 0 Å². The summed E-state index contributed by atoms with van der Waals surface area (Å²) in [5.74, 6) is -0.282. The van der Waals surface area contributed by atoms with Crippen LogP contribution in [0.3, 0.4) is 0 Å². The molecule has 0 aromatic heterocycles. The molecular formula is C16H22FNO2. The Hall–Kier alpha value is -1.26. The Labute approximate surface area is 119 Å². The summed E-state index contributed by atoms with van der Waals surface area (Å²) in [5.41, 5.74) is 1.73. The number of carbonyl (C=O) groups is 1. The summed E-state index contributed by atoms with van der Waals surface area (Å²) in [6, 6.07) is 4.69. The largest absolute Gasteiger partial charge is 0.379 e. The monoisotopic (exact) mass is 279 g/mol. The summed E-state index contributed by atoms with van der Waals surface area (Å²) in [4.78, 5) is 12.4. The van der Waals surface area contributed by atoms with Crippen LogP contribution in [0, 0.1) is 18.7 Å². The summed E-state index contributed by atoms with van der Waals surface area (Å²) in [6.45, 7) is 5.93. The molecule has 2 atom stereocenters. The third-order valence-electron chi connectivity index (χ3n) is 3.83. The zero-order chi connectivity index (χ0) is 14.5. The van der Waals surface area contributed by atoms with Crippen molar-refractivity contribution in [2.45, 2.75) is 32.7 Å². The molecule has 2 unspecified atom stereocenters. The predicted octanol–water partition coefficient (Wildman–Crippen LogP) is 2.26. The minimum atomic E-state index is -0.290. The molecule has 20 heavy (non-hydrogen) atoms. The van der Waals surface area contributed by atoms with Gasteiger partial charge in [-0.3, -0.25) is 4.79 Å². The molecule has 0 radical (unpaired) electrons. The van der Waals surface area contributed by atoms with E-state index in [1.165, 1.54) is 12.1 Å². The van der Waals surface area contributed by atoms with E-state index in [1.54, 1.807) is 6.07 Å². The Morgan fingerprint density at radius 2 is 2.25 bits per heavy atom. The molecule has 1 aromatic carbocycles. The number of halogens is 1. The van der Waals surface area contributed by atoms with Gasteiger partial charge in [0.1, 0.15) is 11.6 Å². The summed E-state index contributed by atoms with van der Waals surface area (Å²) in [5, 5.41) is 3.35. The maximum atomic E-state index is 13.3. The second-order valence-electron chi connectivity index (χ2n) is 5.42. The van der Waals surface area contributed by atoms with Crippen molar-refractivity contribution in [2.75, 3.05) is 19.8 Å². The second-order valence-corrected chi connectivity index (χ2v) is 5.42. The fraction of sp³-hybridized carbons (Fsp3) is 0.562. The van der Waals surface area contributed by atoms with E-state index in [1.807, 2.05) is 6.92 Å². The molecule has 110 valence electrons. The summed E-state index contributed by atoms with van der Waals surface area (Å²) in [6.07, 6.45) is 1.31. The molecule has 1 fully saturated rings. The fourth-order valence-electron chi connectivity index (χ4n) is 2.55. The van der Waals surface area contributed by atoms with Crippen LogP contribution in [-0.4, -0.2) is 31.6 Å². The Morgan fingerprint density at radius 1 is 1.45 bits per heavy atom. The standard InChI is InChI=1S/C16H22FNO2/c1-3-6-18-15-10-20-9-14(15)16(19)8-12-7-13(17)5-4-11(12)2/h4-5,7,14-15,18H,3,6,8-10H2,1-2H3. The Kier molecular flexibility index (Phi) is 5.26. The number of ether oxygens (including phenoxy) is 1. The highest BCUT2D eigenvalue weighted by Crippen LogP contribution is 2.19. The number of carbonyl (C=O) groups excluding carboxylic acids is 1. The molecule has 0 spiro atoms. The predicted molar refractivity (Wildman–Crippen MR) is 76.2 cm³/mol. The molecule has 1 N–H and O–H groups in total. The van der Waals surface area contributed by atoms with Gasteiger partial charge in [-0.25, -0.2) is 4.39 Å². The average Bonchev–Trinajstić information content (AvgIpc) is 2.89. The number of hydrogen-bond donors (Lipinski definition) is 1. The van der Waals surface area contributed by atoms with Gasteiger partial charge in [0.05, 0.1) is 19.1 Å². The summed E-state index contributed by atoms with van der Waals surface area (Å²) >= 11 is 0. The second kappa shape index (κ2) is 6.95. The van der Waals surface area contributed by atoms with Crippen LogP contribution < -0.4 is 5.32 Å².